The van der Waals surface area contributed by atoms with Crippen LogP contribution in [0.25, 0.3) is 82.1 Å². The number of amidine groups is 2. The van der Waals surface area contributed by atoms with Gasteiger partial charge in [-0.05, 0) is 91.0 Å². The fourth-order valence-corrected chi connectivity index (χ4v) is 8.12. The maximum absolute atomic E-state index is 8.49. The Morgan fingerprint density at radius 1 is 0.426 bits per heavy atom. The van der Waals surface area contributed by atoms with Crippen LogP contribution in [0.5, 0.6) is 0 Å². The minimum Gasteiger partial charge on any atom is -0.383 e. The molecule has 0 saturated carbocycles. The highest BCUT2D eigenvalue weighted by Crippen LogP contribution is 2.43. The van der Waals surface area contributed by atoms with Crippen LogP contribution in [-0.4, -0.2) is 16.2 Å². The summed E-state index contributed by atoms with van der Waals surface area (Å²) in [6, 6.07) is 66.1. The molecule has 10 rings (SSSR count). The predicted octanol–water partition coefficient (Wildman–Crippen LogP) is 12.3. The Labute approximate surface area is 312 Å². The number of benzene rings is 9. The molecule has 0 atom stereocenters. The second-order valence-corrected chi connectivity index (χ2v) is 13.7. The quantitative estimate of drug-likeness (QED) is 0.105. The molecule has 0 amide bonds. The maximum atomic E-state index is 8.49. The summed E-state index contributed by atoms with van der Waals surface area (Å²) in [5.41, 5.74) is 16.0. The van der Waals surface area contributed by atoms with Crippen LogP contribution in [0.1, 0.15) is 11.1 Å². The van der Waals surface area contributed by atoms with E-state index in [-0.39, 0.29) is 5.84 Å². The summed E-state index contributed by atoms with van der Waals surface area (Å²) < 4.78 is 2.38. The molecule has 4 nitrogen and oxygen atoms in total. The number of hydrogen-bond donors (Lipinski definition) is 2. The lowest BCUT2D eigenvalue weighted by Gasteiger charge is -2.16. The minimum absolute atomic E-state index is 0.138. The zero-order chi connectivity index (χ0) is 36.2. The molecular weight excluding hydrogens is 657 g/mol. The van der Waals surface area contributed by atoms with Crippen LogP contribution >= 0.6 is 0 Å². The van der Waals surface area contributed by atoms with Gasteiger partial charge in [-0.3, -0.25) is 5.41 Å². The molecule has 0 unspecified atom stereocenters. The van der Waals surface area contributed by atoms with E-state index in [1.807, 2.05) is 42.5 Å². The maximum Gasteiger partial charge on any atom is 0.154 e. The van der Waals surface area contributed by atoms with E-state index in [0.717, 1.165) is 27.9 Å². The Morgan fingerprint density at radius 2 is 1.00 bits per heavy atom. The topological polar surface area (TPSA) is 67.2 Å². The molecule has 1 aromatic heterocycles. The molecule has 10 aromatic rings. The molecule has 1 heterocycles. The van der Waals surface area contributed by atoms with E-state index in [1.54, 1.807) is 0 Å². The summed E-state index contributed by atoms with van der Waals surface area (Å²) in [5, 5.41) is 18.3. The second-order valence-electron chi connectivity index (χ2n) is 13.7. The molecule has 0 aliphatic rings. The van der Waals surface area contributed by atoms with Crippen molar-refractivity contribution >= 4 is 65.8 Å². The first-order valence-electron chi connectivity index (χ1n) is 18.2. The number of nitrogens with one attached hydrogen (secondary N) is 1. The highest BCUT2D eigenvalue weighted by atomic mass is 15.0. The molecule has 0 bridgehead atoms. The van der Waals surface area contributed by atoms with E-state index < -0.39 is 0 Å². The van der Waals surface area contributed by atoms with Gasteiger partial charge in [0, 0.05) is 27.6 Å². The third-order valence-corrected chi connectivity index (χ3v) is 10.6. The highest BCUT2D eigenvalue weighted by Gasteiger charge is 2.17. The average molecular weight is 691 g/mol. The van der Waals surface area contributed by atoms with Crippen molar-refractivity contribution in [1.82, 2.24) is 4.57 Å². The lowest BCUT2D eigenvalue weighted by molar-refractivity contribution is 1.18. The lowest BCUT2D eigenvalue weighted by Crippen LogP contribution is -2.16. The van der Waals surface area contributed by atoms with Crippen molar-refractivity contribution in [3.63, 3.8) is 0 Å². The van der Waals surface area contributed by atoms with E-state index in [1.165, 1.54) is 65.3 Å². The number of hydrogen-bond acceptors (Lipinski definition) is 1. The summed E-state index contributed by atoms with van der Waals surface area (Å²) in [5.74, 6) is 0.454. The third-order valence-electron chi connectivity index (χ3n) is 10.6. The van der Waals surface area contributed by atoms with Gasteiger partial charge in [0.05, 0.1) is 11.0 Å². The van der Waals surface area contributed by atoms with Crippen LogP contribution in [0.15, 0.2) is 193 Å². The van der Waals surface area contributed by atoms with Crippen molar-refractivity contribution in [3.8, 4) is 27.9 Å². The largest absolute Gasteiger partial charge is 0.383 e. The Bertz CT molecular complexity index is 3120. The first-order chi connectivity index (χ1) is 26.6. The first kappa shape index (κ1) is 31.4. The standard InChI is InChI=1S/C50H34N4/c51-49(32-13-3-1-4-14-32)53-50(52)36-16-11-15-33(29-36)34-25-28-44-45(30-34)40-20-8-7-19-39(40)43-23-12-22-38(48(43)44)35-26-27-42-41-21-9-10-24-46(41)54(47(42)31-35)37-17-5-2-6-18-37/h1-31H,(H3,51,52,53). The first-order valence-corrected chi connectivity index (χ1v) is 18.2. The van der Waals surface area contributed by atoms with Gasteiger partial charge in [-0.1, -0.05) is 152 Å². The minimum atomic E-state index is 0.138. The SMILES string of the molecule is N=C(N=C(N)c1cccc(-c2ccc3c(c2)c2ccccc2c2cccc(-c4ccc5c6ccccc6n(-c6ccccc6)c5c4)c23)c1)c1ccccc1. The van der Waals surface area contributed by atoms with Gasteiger partial charge >= 0.3 is 0 Å². The Balaban J connectivity index is 1.15. The lowest BCUT2D eigenvalue weighted by atomic mass is 9.88. The normalized spacial score (nSPS) is 12.0. The molecule has 0 spiro atoms. The number of fused-ring (bicyclic) bond motifs is 9. The van der Waals surface area contributed by atoms with Crippen molar-refractivity contribution in [2.24, 2.45) is 10.7 Å². The molecule has 54 heavy (non-hydrogen) atoms. The molecule has 0 aliphatic heterocycles. The summed E-state index contributed by atoms with van der Waals surface area (Å²) in [6.45, 7) is 0. The molecular formula is C50H34N4. The van der Waals surface area contributed by atoms with Gasteiger partial charge in [0.2, 0.25) is 0 Å². The van der Waals surface area contributed by atoms with E-state index in [9.17, 15) is 0 Å². The molecule has 0 saturated heterocycles. The predicted molar refractivity (Wildman–Crippen MR) is 228 cm³/mol. The molecule has 0 fully saturated rings. The number of para-hydroxylation sites is 2. The van der Waals surface area contributed by atoms with Crippen LogP contribution in [0.3, 0.4) is 0 Å². The van der Waals surface area contributed by atoms with E-state index in [0.29, 0.717) is 5.84 Å². The van der Waals surface area contributed by atoms with Crippen LogP contribution in [0.4, 0.5) is 0 Å². The fourth-order valence-electron chi connectivity index (χ4n) is 8.12. The summed E-state index contributed by atoms with van der Waals surface area (Å²) in [6.07, 6.45) is 0. The smallest absolute Gasteiger partial charge is 0.154 e. The molecule has 0 aliphatic carbocycles. The number of rotatable bonds is 5. The zero-order valence-electron chi connectivity index (χ0n) is 29.4. The van der Waals surface area contributed by atoms with Crippen LogP contribution in [0, 0.1) is 5.41 Å². The molecule has 0 radical (unpaired) electrons. The highest BCUT2D eigenvalue weighted by molar-refractivity contribution is 6.29. The van der Waals surface area contributed by atoms with Gasteiger partial charge in [-0.2, -0.15) is 0 Å². The second kappa shape index (κ2) is 12.7. The molecule has 4 heteroatoms. The summed E-state index contributed by atoms with van der Waals surface area (Å²) in [4.78, 5) is 4.45. The van der Waals surface area contributed by atoms with E-state index in [2.05, 4.69) is 155 Å². The molecule has 9 aromatic carbocycles. The molecule has 254 valence electrons. The van der Waals surface area contributed by atoms with Crippen molar-refractivity contribution in [2.45, 2.75) is 0 Å². The third kappa shape index (κ3) is 5.15. The zero-order valence-corrected chi connectivity index (χ0v) is 29.4. The summed E-state index contributed by atoms with van der Waals surface area (Å²) >= 11 is 0. The Kier molecular flexibility index (Phi) is 7.41. The van der Waals surface area contributed by atoms with Gasteiger partial charge in [-0.25, -0.2) is 4.99 Å². The number of aliphatic imine (C=N–C) groups is 1. The van der Waals surface area contributed by atoms with Crippen LogP contribution in [-0.2, 0) is 0 Å². The van der Waals surface area contributed by atoms with Crippen LogP contribution < -0.4 is 5.73 Å². The molecule has 3 N–H and O–H groups in total. The monoisotopic (exact) mass is 690 g/mol. The van der Waals surface area contributed by atoms with E-state index in [4.69, 9.17) is 11.1 Å². The number of nitrogens with two attached hydrogens (primary N) is 1. The summed E-state index contributed by atoms with van der Waals surface area (Å²) in [7, 11) is 0. The van der Waals surface area contributed by atoms with Crippen molar-refractivity contribution in [2.75, 3.05) is 0 Å². The van der Waals surface area contributed by atoms with Gasteiger partial charge in [0.25, 0.3) is 0 Å². The number of aromatic nitrogens is 1. The number of nitrogens with zero attached hydrogens (tertiary/aromatic N) is 2. The van der Waals surface area contributed by atoms with Gasteiger partial charge in [0.15, 0.2) is 5.84 Å². The van der Waals surface area contributed by atoms with Gasteiger partial charge < -0.3 is 10.3 Å². The Morgan fingerprint density at radius 3 is 1.81 bits per heavy atom. The van der Waals surface area contributed by atoms with Crippen molar-refractivity contribution in [1.29, 1.82) is 5.41 Å². The van der Waals surface area contributed by atoms with E-state index >= 15 is 0 Å². The average Bonchev–Trinajstić information content (AvgIpc) is 3.57. The van der Waals surface area contributed by atoms with Gasteiger partial charge in [-0.15, -0.1) is 0 Å². The van der Waals surface area contributed by atoms with Crippen molar-refractivity contribution in [3.05, 3.63) is 199 Å². The van der Waals surface area contributed by atoms with Crippen LogP contribution in [0.2, 0.25) is 0 Å². The van der Waals surface area contributed by atoms with Gasteiger partial charge in [0.1, 0.15) is 5.84 Å². The van der Waals surface area contributed by atoms with Crippen molar-refractivity contribution < 1.29 is 0 Å². The fraction of sp³-hybridized carbons (Fsp3) is 0. The Hall–Kier alpha value is -7.30.